The molecule has 0 bridgehead atoms. The van der Waals surface area contributed by atoms with Crippen molar-refractivity contribution in [1.82, 2.24) is 0 Å². The Bertz CT molecular complexity index is 486. The van der Waals surface area contributed by atoms with Gasteiger partial charge in [-0.15, -0.1) is 0 Å². The molecule has 2 aromatic carbocycles. The van der Waals surface area contributed by atoms with Crippen LogP contribution in [0.15, 0.2) is 54.6 Å². The van der Waals surface area contributed by atoms with Crippen LogP contribution < -0.4 is 9.78 Å². The van der Waals surface area contributed by atoms with Gasteiger partial charge >= 0.3 is 101 Å². The molecule has 0 saturated heterocycles. The summed E-state index contributed by atoms with van der Waals surface area (Å²) in [6.07, 6.45) is 0. The molecule has 0 unspecified atom stereocenters. The van der Waals surface area contributed by atoms with E-state index in [-0.39, 0.29) is 15.0 Å². The van der Waals surface area contributed by atoms with E-state index in [1.165, 1.54) is 0 Å². The quantitative estimate of drug-likeness (QED) is 0.871. The van der Waals surface area contributed by atoms with Gasteiger partial charge in [-0.25, -0.2) is 0 Å². The molecule has 0 aliphatic rings. The normalized spacial score (nSPS) is 9.44. The van der Waals surface area contributed by atoms with Gasteiger partial charge in [0.25, 0.3) is 0 Å². The van der Waals surface area contributed by atoms with E-state index in [4.69, 9.17) is 5.26 Å². The molecule has 2 rings (SSSR count). The van der Waals surface area contributed by atoms with Gasteiger partial charge in [-0.05, 0) is 0 Å². The molecule has 0 aromatic heterocycles. The minimum absolute atomic E-state index is 0.0642. The summed E-state index contributed by atoms with van der Waals surface area (Å²) in [4.78, 5) is 2.20. The molecule has 0 spiro atoms. The molecule has 0 amide bonds. The first-order valence-electron chi connectivity index (χ1n) is 4.86. The molecule has 0 atom stereocenters. The van der Waals surface area contributed by atoms with Crippen LogP contribution in [-0.2, 0) is 0 Å². The topological polar surface area (TPSA) is 35.8 Å². The van der Waals surface area contributed by atoms with Gasteiger partial charge < -0.3 is 0 Å². The van der Waals surface area contributed by atoms with Gasteiger partial charge in [0.2, 0.25) is 0 Å². The summed E-state index contributed by atoms with van der Waals surface area (Å²) in [5.74, 6) is 0. The van der Waals surface area contributed by atoms with Gasteiger partial charge in [-0.3, -0.25) is 0 Å². The first-order chi connectivity index (χ1) is 7.88. The zero-order valence-corrected chi connectivity index (χ0v) is 10.3. The molecular formula is C13H10N2Se. The first kappa shape index (κ1) is 10.8. The van der Waals surface area contributed by atoms with Crippen molar-refractivity contribution in [2.75, 3.05) is 5.32 Å². The van der Waals surface area contributed by atoms with Gasteiger partial charge in [0.15, 0.2) is 0 Å². The van der Waals surface area contributed by atoms with E-state index in [0.717, 1.165) is 15.8 Å². The zero-order valence-electron chi connectivity index (χ0n) is 8.55. The number of nitrogens with one attached hydrogen (secondary N) is 1. The maximum atomic E-state index is 8.59. The Morgan fingerprint density at radius 2 is 1.50 bits per heavy atom. The van der Waals surface area contributed by atoms with Crippen molar-refractivity contribution in [2.24, 2.45) is 0 Å². The molecule has 0 saturated carbocycles. The van der Waals surface area contributed by atoms with Crippen molar-refractivity contribution in [3.63, 3.8) is 0 Å². The molecule has 78 valence electrons. The monoisotopic (exact) mass is 274 g/mol. The maximum absolute atomic E-state index is 8.59. The van der Waals surface area contributed by atoms with E-state index >= 15 is 0 Å². The number of rotatable bonds is 3. The van der Waals surface area contributed by atoms with Crippen LogP contribution in [0, 0.1) is 10.2 Å². The standard InChI is InChI=1S/C13H10N2Se/c14-10-16-13-8-6-12(7-9-13)15-11-4-2-1-3-5-11/h1-9,15H. The molecule has 2 nitrogen and oxygen atoms in total. The number of hydrogen-bond acceptors (Lipinski definition) is 2. The number of nitriles is 1. The van der Waals surface area contributed by atoms with E-state index in [9.17, 15) is 0 Å². The number of nitrogens with zero attached hydrogens (tertiary/aromatic N) is 1. The van der Waals surface area contributed by atoms with Crippen LogP contribution in [0.25, 0.3) is 0 Å². The number of para-hydroxylation sites is 1. The van der Waals surface area contributed by atoms with E-state index in [0.29, 0.717) is 0 Å². The second kappa shape index (κ2) is 5.37. The van der Waals surface area contributed by atoms with Crippen molar-refractivity contribution in [3.05, 3.63) is 54.6 Å². The molecule has 0 fully saturated rings. The van der Waals surface area contributed by atoms with Crippen molar-refractivity contribution in [3.8, 4) is 4.97 Å². The Balaban J connectivity index is 2.09. The van der Waals surface area contributed by atoms with Crippen LogP contribution in [0.5, 0.6) is 0 Å². The summed E-state index contributed by atoms with van der Waals surface area (Å²) in [5, 5.41) is 11.9. The third kappa shape index (κ3) is 2.87. The zero-order chi connectivity index (χ0) is 11.2. The molecule has 0 radical (unpaired) electrons. The Morgan fingerprint density at radius 1 is 0.875 bits per heavy atom. The third-order valence-electron chi connectivity index (χ3n) is 2.08. The third-order valence-corrected chi connectivity index (χ3v) is 3.34. The van der Waals surface area contributed by atoms with Gasteiger partial charge in [0.05, 0.1) is 0 Å². The van der Waals surface area contributed by atoms with E-state index in [2.05, 4.69) is 10.3 Å². The number of benzene rings is 2. The number of hydrogen-bond donors (Lipinski definition) is 1. The van der Waals surface area contributed by atoms with Crippen LogP contribution in [0.2, 0.25) is 0 Å². The summed E-state index contributed by atoms with van der Waals surface area (Å²) in [6, 6.07) is 18.0. The van der Waals surface area contributed by atoms with Crippen molar-refractivity contribution < 1.29 is 0 Å². The van der Waals surface area contributed by atoms with Crippen LogP contribution in [0.1, 0.15) is 0 Å². The summed E-state index contributed by atoms with van der Waals surface area (Å²) < 4.78 is 1.11. The fourth-order valence-corrected chi connectivity index (χ4v) is 2.14. The predicted octanol–water partition coefficient (Wildman–Crippen LogP) is 2.24. The second-order valence-corrected chi connectivity index (χ2v) is 5.01. The molecule has 0 aliphatic carbocycles. The predicted molar refractivity (Wildman–Crippen MR) is 67.2 cm³/mol. The molecule has 16 heavy (non-hydrogen) atoms. The Morgan fingerprint density at radius 3 is 2.12 bits per heavy atom. The summed E-state index contributed by atoms with van der Waals surface area (Å²) in [6.45, 7) is 0. The van der Waals surface area contributed by atoms with Crippen LogP contribution in [-0.4, -0.2) is 15.0 Å². The van der Waals surface area contributed by atoms with E-state index in [1.54, 1.807) is 0 Å². The molecule has 2 aromatic rings. The minimum atomic E-state index is -0.0642. The fourth-order valence-electron chi connectivity index (χ4n) is 1.35. The summed E-state index contributed by atoms with van der Waals surface area (Å²) in [7, 11) is 0. The van der Waals surface area contributed by atoms with Gasteiger partial charge in [0.1, 0.15) is 0 Å². The number of anilines is 2. The average molecular weight is 273 g/mol. The Hall–Kier alpha value is -1.75. The van der Waals surface area contributed by atoms with Crippen LogP contribution in [0.3, 0.4) is 0 Å². The second-order valence-electron chi connectivity index (χ2n) is 3.21. The van der Waals surface area contributed by atoms with E-state index < -0.39 is 0 Å². The summed E-state index contributed by atoms with van der Waals surface area (Å²) in [5.41, 5.74) is 2.12. The first-order valence-corrected chi connectivity index (χ1v) is 6.58. The van der Waals surface area contributed by atoms with Crippen LogP contribution >= 0.6 is 0 Å². The molecule has 0 heterocycles. The molecular weight excluding hydrogens is 263 g/mol. The Labute approximate surface area is 101 Å². The average Bonchev–Trinajstić information content (AvgIpc) is 2.33. The Kier molecular flexibility index (Phi) is 3.61. The van der Waals surface area contributed by atoms with Crippen molar-refractivity contribution >= 4 is 30.8 Å². The molecule has 3 heteroatoms. The SMILES string of the molecule is N#C[Se]c1ccc(Nc2ccccc2)cc1. The fraction of sp³-hybridized carbons (Fsp3) is 0. The van der Waals surface area contributed by atoms with Crippen molar-refractivity contribution in [1.29, 1.82) is 5.26 Å². The van der Waals surface area contributed by atoms with Gasteiger partial charge in [-0.1, -0.05) is 0 Å². The molecule has 0 aliphatic heterocycles. The van der Waals surface area contributed by atoms with E-state index in [1.807, 2.05) is 54.6 Å². The van der Waals surface area contributed by atoms with Crippen molar-refractivity contribution in [2.45, 2.75) is 0 Å². The molecule has 1 N–H and O–H groups in total. The summed E-state index contributed by atoms with van der Waals surface area (Å²) >= 11 is -0.0642. The van der Waals surface area contributed by atoms with Crippen LogP contribution in [0.4, 0.5) is 11.4 Å². The van der Waals surface area contributed by atoms with Gasteiger partial charge in [0, 0.05) is 0 Å². The van der Waals surface area contributed by atoms with Gasteiger partial charge in [-0.2, -0.15) is 0 Å².